The molecule has 9 heteroatoms. The SMILES string of the molecule is CCCCc1oc(CCc2ccc(O)c(OC[C@H](O)c3cc([C@H](C)[C@H](CNC)NC[C@H](C)O)c[nH]3)c2)cc1CO. The Morgan fingerprint density at radius 3 is 2.55 bits per heavy atom. The van der Waals surface area contributed by atoms with Crippen molar-refractivity contribution in [2.45, 2.75) is 83.6 Å². The highest BCUT2D eigenvalue weighted by Crippen LogP contribution is 2.30. The minimum atomic E-state index is -0.904. The summed E-state index contributed by atoms with van der Waals surface area (Å²) in [5.74, 6) is 2.15. The number of unbranched alkanes of at least 4 members (excludes halogenated alkanes) is 1. The number of ether oxygens (including phenoxy) is 1. The standard InChI is InChI=1S/C31H47N3O6/c1-5-6-7-30-24(18-35)13-25(40-30)10-8-22-9-11-28(37)31(12-22)39-19-29(38)26-14-23(16-34-26)21(3)27(17-32-4)33-15-20(2)36/h9,11-14,16,20-21,27,29,32-38H,5-8,10,15,17-19H2,1-4H3/t20-,21-,27-,29-/m0/s1. The molecule has 2 aromatic heterocycles. The second kappa shape index (κ2) is 15.8. The average Bonchev–Trinajstić information content (AvgIpc) is 3.59. The lowest BCUT2D eigenvalue weighted by Gasteiger charge is -2.25. The van der Waals surface area contributed by atoms with E-state index in [1.165, 1.54) is 0 Å². The van der Waals surface area contributed by atoms with Crippen LogP contribution in [0.5, 0.6) is 11.5 Å². The Morgan fingerprint density at radius 2 is 1.85 bits per heavy atom. The van der Waals surface area contributed by atoms with Crippen LogP contribution in [-0.2, 0) is 25.9 Å². The number of hydrogen-bond donors (Lipinski definition) is 7. The van der Waals surface area contributed by atoms with E-state index in [2.05, 4.69) is 29.5 Å². The Bertz CT molecular complexity index is 1160. The van der Waals surface area contributed by atoms with E-state index in [0.717, 1.165) is 54.0 Å². The van der Waals surface area contributed by atoms with E-state index in [0.29, 0.717) is 30.8 Å². The van der Waals surface area contributed by atoms with Crippen LogP contribution in [0.2, 0.25) is 0 Å². The van der Waals surface area contributed by atoms with Crippen molar-refractivity contribution >= 4 is 0 Å². The molecule has 4 atom stereocenters. The molecule has 3 aromatic rings. The van der Waals surface area contributed by atoms with Crippen molar-refractivity contribution in [2.24, 2.45) is 0 Å². The molecular weight excluding hydrogens is 510 g/mol. The average molecular weight is 558 g/mol. The number of aromatic amines is 1. The monoisotopic (exact) mass is 557 g/mol. The minimum absolute atomic E-state index is 0.0123. The fraction of sp³-hybridized carbons (Fsp3) is 0.548. The molecule has 0 saturated carbocycles. The molecule has 2 heterocycles. The number of hydrogen-bond acceptors (Lipinski definition) is 8. The Labute approximate surface area is 237 Å². The van der Waals surface area contributed by atoms with Gasteiger partial charge in [0.1, 0.15) is 24.2 Å². The van der Waals surface area contributed by atoms with Crippen LogP contribution in [0.3, 0.4) is 0 Å². The minimum Gasteiger partial charge on any atom is -0.504 e. The van der Waals surface area contributed by atoms with Gasteiger partial charge in [-0.15, -0.1) is 0 Å². The molecule has 0 unspecified atom stereocenters. The van der Waals surface area contributed by atoms with Crippen LogP contribution < -0.4 is 15.4 Å². The van der Waals surface area contributed by atoms with E-state index in [4.69, 9.17) is 9.15 Å². The Balaban J connectivity index is 1.58. The topological polar surface area (TPSA) is 143 Å². The highest BCUT2D eigenvalue weighted by molar-refractivity contribution is 5.42. The molecule has 40 heavy (non-hydrogen) atoms. The lowest BCUT2D eigenvalue weighted by Crippen LogP contribution is -2.43. The fourth-order valence-corrected chi connectivity index (χ4v) is 4.77. The van der Waals surface area contributed by atoms with Crippen molar-refractivity contribution in [3.8, 4) is 11.5 Å². The van der Waals surface area contributed by atoms with Gasteiger partial charge in [-0.2, -0.15) is 0 Å². The molecule has 0 amide bonds. The van der Waals surface area contributed by atoms with Crippen molar-refractivity contribution in [1.29, 1.82) is 0 Å². The summed E-state index contributed by atoms with van der Waals surface area (Å²) in [7, 11) is 1.90. The number of H-pyrrole nitrogens is 1. The zero-order valence-corrected chi connectivity index (χ0v) is 24.2. The van der Waals surface area contributed by atoms with Gasteiger partial charge in [-0.3, -0.25) is 0 Å². The normalized spacial score (nSPS) is 14.7. The van der Waals surface area contributed by atoms with Crippen molar-refractivity contribution in [3.05, 3.63) is 70.4 Å². The molecule has 0 fully saturated rings. The molecule has 0 saturated heterocycles. The Hall–Kier alpha value is -2.82. The fourth-order valence-electron chi connectivity index (χ4n) is 4.77. The highest BCUT2D eigenvalue weighted by atomic mass is 16.5. The van der Waals surface area contributed by atoms with Gasteiger partial charge >= 0.3 is 0 Å². The zero-order chi connectivity index (χ0) is 29.1. The summed E-state index contributed by atoms with van der Waals surface area (Å²) in [5, 5.41) is 47.0. The molecule has 0 spiro atoms. The summed E-state index contributed by atoms with van der Waals surface area (Å²) in [6, 6.07) is 9.19. The molecule has 0 bridgehead atoms. The lowest BCUT2D eigenvalue weighted by molar-refractivity contribution is 0.103. The first kappa shape index (κ1) is 31.7. The van der Waals surface area contributed by atoms with E-state index >= 15 is 0 Å². The Kier molecular flexibility index (Phi) is 12.5. The maximum absolute atomic E-state index is 10.8. The van der Waals surface area contributed by atoms with E-state index in [-0.39, 0.29) is 30.9 Å². The van der Waals surface area contributed by atoms with Crippen LogP contribution in [0.25, 0.3) is 0 Å². The number of aryl methyl sites for hydroxylation is 3. The third-order valence-corrected chi connectivity index (χ3v) is 7.27. The van der Waals surface area contributed by atoms with Gasteiger partial charge < -0.3 is 45.2 Å². The second-order valence-corrected chi connectivity index (χ2v) is 10.7. The first-order chi connectivity index (χ1) is 19.2. The molecule has 0 aliphatic rings. The number of phenolic OH excluding ortho intramolecular Hbond substituents is 1. The largest absolute Gasteiger partial charge is 0.504 e. The predicted octanol–water partition coefficient (Wildman–Crippen LogP) is 3.71. The third-order valence-electron chi connectivity index (χ3n) is 7.27. The molecule has 0 radical (unpaired) electrons. The molecule has 7 N–H and O–H groups in total. The van der Waals surface area contributed by atoms with Crippen LogP contribution in [-0.4, -0.2) is 64.3 Å². The number of furan rings is 1. The number of aromatic hydroxyl groups is 1. The van der Waals surface area contributed by atoms with Crippen molar-refractivity contribution in [2.75, 3.05) is 26.7 Å². The van der Waals surface area contributed by atoms with Crippen LogP contribution in [0.1, 0.15) is 79.5 Å². The van der Waals surface area contributed by atoms with E-state index < -0.39 is 12.2 Å². The Morgan fingerprint density at radius 1 is 1.05 bits per heavy atom. The smallest absolute Gasteiger partial charge is 0.161 e. The molecule has 1 aromatic carbocycles. The first-order valence-electron chi connectivity index (χ1n) is 14.3. The van der Waals surface area contributed by atoms with E-state index in [9.17, 15) is 20.4 Å². The summed E-state index contributed by atoms with van der Waals surface area (Å²) in [6.07, 6.45) is 4.80. The number of nitrogens with one attached hydrogen (secondary N) is 3. The van der Waals surface area contributed by atoms with Gasteiger partial charge in [-0.05, 0) is 68.1 Å². The van der Waals surface area contributed by atoms with E-state index in [1.54, 1.807) is 19.1 Å². The van der Waals surface area contributed by atoms with Gasteiger partial charge in [0.25, 0.3) is 0 Å². The third kappa shape index (κ3) is 9.11. The number of rotatable bonds is 18. The maximum Gasteiger partial charge on any atom is 0.161 e. The van der Waals surface area contributed by atoms with Gasteiger partial charge in [-0.1, -0.05) is 26.3 Å². The molecule has 0 aliphatic heterocycles. The number of aromatic nitrogens is 1. The van der Waals surface area contributed by atoms with Crippen LogP contribution in [0.4, 0.5) is 0 Å². The molecule has 3 rings (SSSR count). The second-order valence-electron chi connectivity index (χ2n) is 10.7. The molecule has 9 nitrogen and oxygen atoms in total. The number of benzene rings is 1. The number of likely N-dealkylation sites (N-methyl/N-ethyl adjacent to an activating group) is 1. The summed E-state index contributed by atoms with van der Waals surface area (Å²) >= 11 is 0. The zero-order valence-electron chi connectivity index (χ0n) is 24.2. The number of aliphatic hydroxyl groups excluding tert-OH is 3. The summed E-state index contributed by atoms with van der Waals surface area (Å²) in [4.78, 5) is 3.15. The molecular formula is C31H47N3O6. The quantitative estimate of drug-likeness (QED) is 0.125. The highest BCUT2D eigenvalue weighted by Gasteiger charge is 2.21. The predicted molar refractivity (Wildman–Crippen MR) is 156 cm³/mol. The van der Waals surface area contributed by atoms with Crippen molar-refractivity contribution in [3.63, 3.8) is 0 Å². The summed E-state index contributed by atoms with van der Waals surface area (Å²) in [6.45, 7) is 7.17. The molecule has 0 aliphatic carbocycles. The summed E-state index contributed by atoms with van der Waals surface area (Å²) in [5.41, 5.74) is 3.49. The van der Waals surface area contributed by atoms with Gasteiger partial charge in [0.05, 0.1) is 12.7 Å². The number of aliphatic hydroxyl groups is 3. The van der Waals surface area contributed by atoms with Gasteiger partial charge in [-0.25, -0.2) is 0 Å². The number of phenols is 1. The van der Waals surface area contributed by atoms with Crippen molar-refractivity contribution < 1.29 is 29.6 Å². The molecule has 222 valence electrons. The first-order valence-corrected chi connectivity index (χ1v) is 14.3. The van der Waals surface area contributed by atoms with Crippen LogP contribution in [0.15, 0.2) is 40.9 Å². The van der Waals surface area contributed by atoms with Gasteiger partial charge in [0.2, 0.25) is 0 Å². The summed E-state index contributed by atoms with van der Waals surface area (Å²) < 4.78 is 11.8. The van der Waals surface area contributed by atoms with Crippen LogP contribution >= 0.6 is 0 Å². The lowest BCUT2D eigenvalue weighted by atomic mass is 9.94. The van der Waals surface area contributed by atoms with E-state index in [1.807, 2.05) is 31.4 Å². The van der Waals surface area contributed by atoms with Crippen molar-refractivity contribution in [1.82, 2.24) is 15.6 Å². The maximum atomic E-state index is 10.8. The van der Waals surface area contributed by atoms with Crippen LogP contribution in [0, 0.1) is 0 Å². The van der Waals surface area contributed by atoms with Gasteiger partial charge in [0, 0.05) is 49.4 Å². The van der Waals surface area contributed by atoms with Gasteiger partial charge in [0.15, 0.2) is 11.5 Å².